The summed E-state index contributed by atoms with van der Waals surface area (Å²) in [5, 5.41) is 2.90. The Morgan fingerprint density at radius 1 is 1.22 bits per heavy atom. The van der Waals surface area contributed by atoms with Crippen molar-refractivity contribution in [1.82, 2.24) is 0 Å². The summed E-state index contributed by atoms with van der Waals surface area (Å²) < 4.78 is 5.13. The molecule has 3 rings (SSSR count). The lowest BCUT2D eigenvalue weighted by Gasteiger charge is -2.23. The molecule has 0 spiro atoms. The van der Waals surface area contributed by atoms with Crippen LogP contribution in [0.1, 0.15) is 38.2 Å². The summed E-state index contributed by atoms with van der Waals surface area (Å²) in [5.74, 6) is 0.611. The fraction of sp³-hybridized carbons (Fsp3) is 0.364. The number of hydrogen-bond donors (Lipinski definition) is 1. The number of methoxy groups -OCH3 is 1. The van der Waals surface area contributed by atoms with Crippen molar-refractivity contribution in [1.29, 1.82) is 0 Å². The fourth-order valence-corrected chi connectivity index (χ4v) is 3.40. The van der Waals surface area contributed by atoms with Gasteiger partial charge >= 0.3 is 0 Å². The summed E-state index contributed by atoms with van der Waals surface area (Å²) in [7, 11) is 1.60. The highest BCUT2D eigenvalue weighted by Crippen LogP contribution is 2.33. The van der Waals surface area contributed by atoms with Crippen LogP contribution in [-0.2, 0) is 9.59 Å². The van der Waals surface area contributed by atoms with Crippen molar-refractivity contribution in [3.8, 4) is 5.75 Å². The fourth-order valence-electron chi connectivity index (χ4n) is 3.40. The predicted molar refractivity (Wildman–Crippen MR) is 107 cm³/mol. The van der Waals surface area contributed by atoms with Crippen molar-refractivity contribution in [3.05, 3.63) is 54.1 Å². The first-order valence-electron chi connectivity index (χ1n) is 9.37. The molecule has 0 bridgehead atoms. The Morgan fingerprint density at radius 3 is 2.59 bits per heavy atom. The molecule has 2 atom stereocenters. The summed E-state index contributed by atoms with van der Waals surface area (Å²) in [6.07, 6.45) is 1.23. The van der Waals surface area contributed by atoms with Gasteiger partial charge in [0.05, 0.1) is 13.0 Å². The average molecular weight is 366 g/mol. The highest BCUT2D eigenvalue weighted by atomic mass is 16.5. The van der Waals surface area contributed by atoms with Crippen molar-refractivity contribution in [2.24, 2.45) is 5.92 Å². The van der Waals surface area contributed by atoms with E-state index in [9.17, 15) is 9.59 Å². The number of hydrogen-bond acceptors (Lipinski definition) is 3. The van der Waals surface area contributed by atoms with E-state index in [1.165, 1.54) is 0 Å². The molecule has 5 heteroatoms. The van der Waals surface area contributed by atoms with Crippen molar-refractivity contribution < 1.29 is 14.3 Å². The van der Waals surface area contributed by atoms with Gasteiger partial charge in [-0.3, -0.25) is 9.59 Å². The van der Waals surface area contributed by atoms with E-state index in [0.29, 0.717) is 18.2 Å². The first-order chi connectivity index (χ1) is 13.0. The first kappa shape index (κ1) is 19.0. The van der Waals surface area contributed by atoms with Crippen LogP contribution in [0, 0.1) is 5.92 Å². The van der Waals surface area contributed by atoms with E-state index < -0.39 is 0 Å². The molecule has 1 heterocycles. The number of benzene rings is 2. The summed E-state index contributed by atoms with van der Waals surface area (Å²) in [6, 6.07) is 15.2. The van der Waals surface area contributed by atoms with E-state index in [1.807, 2.05) is 18.2 Å². The minimum absolute atomic E-state index is 0.000587. The van der Waals surface area contributed by atoms with Gasteiger partial charge in [-0.2, -0.15) is 0 Å². The van der Waals surface area contributed by atoms with Crippen LogP contribution in [0.3, 0.4) is 0 Å². The minimum Gasteiger partial charge on any atom is -0.497 e. The molecular weight excluding hydrogens is 340 g/mol. The summed E-state index contributed by atoms with van der Waals surface area (Å²) in [5.41, 5.74) is 2.79. The molecule has 1 N–H and O–H groups in total. The van der Waals surface area contributed by atoms with Gasteiger partial charge in [-0.05, 0) is 48.2 Å². The molecule has 1 aliphatic heterocycles. The monoisotopic (exact) mass is 366 g/mol. The summed E-state index contributed by atoms with van der Waals surface area (Å²) >= 11 is 0. The Labute approximate surface area is 160 Å². The van der Waals surface area contributed by atoms with E-state index in [4.69, 9.17) is 4.74 Å². The van der Waals surface area contributed by atoms with Crippen LogP contribution >= 0.6 is 0 Å². The van der Waals surface area contributed by atoms with Crippen molar-refractivity contribution in [2.75, 3.05) is 23.9 Å². The predicted octanol–water partition coefficient (Wildman–Crippen LogP) is 4.20. The highest BCUT2D eigenvalue weighted by Gasteiger charge is 2.36. The molecule has 5 nitrogen and oxygen atoms in total. The number of rotatable bonds is 6. The summed E-state index contributed by atoms with van der Waals surface area (Å²) in [6.45, 7) is 4.71. The molecule has 142 valence electrons. The molecular formula is C22H26N2O3. The average Bonchev–Trinajstić information content (AvgIpc) is 3.09. The van der Waals surface area contributed by atoms with Crippen LogP contribution in [0.2, 0.25) is 0 Å². The Balaban J connectivity index is 1.72. The molecule has 0 saturated carbocycles. The van der Waals surface area contributed by atoms with Gasteiger partial charge in [0, 0.05) is 24.3 Å². The van der Waals surface area contributed by atoms with Crippen molar-refractivity contribution >= 4 is 23.2 Å². The molecule has 0 unspecified atom stereocenters. The van der Waals surface area contributed by atoms with E-state index in [0.717, 1.165) is 23.4 Å². The Morgan fingerprint density at radius 2 is 1.93 bits per heavy atom. The molecule has 1 saturated heterocycles. The quantitative estimate of drug-likeness (QED) is 0.833. The highest BCUT2D eigenvalue weighted by molar-refractivity contribution is 6.03. The maximum Gasteiger partial charge on any atom is 0.229 e. The number of ether oxygens (including phenoxy) is 1. The standard InChI is InChI=1S/C22H26N2O3/c1-4-15(2)19-7-5-6-8-20(19)24-14-16(13-21(24)25)22(26)23-17-9-11-18(27-3)12-10-17/h5-12,15-16H,4,13-14H2,1-3H3,(H,23,26)/t15-,16-/m1/s1. The molecule has 2 aromatic rings. The van der Waals surface area contributed by atoms with Gasteiger partial charge in [-0.15, -0.1) is 0 Å². The number of nitrogens with zero attached hydrogens (tertiary/aromatic N) is 1. The zero-order valence-corrected chi connectivity index (χ0v) is 16.1. The number of nitrogens with one attached hydrogen (secondary N) is 1. The van der Waals surface area contributed by atoms with Crippen molar-refractivity contribution in [2.45, 2.75) is 32.6 Å². The van der Waals surface area contributed by atoms with Gasteiger partial charge in [-0.1, -0.05) is 32.0 Å². The van der Waals surface area contributed by atoms with Crippen LogP contribution in [0.4, 0.5) is 11.4 Å². The zero-order chi connectivity index (χ0) is 19.4. The Kier molecular flexibility index (Phi) is 5.79. The molecule has 1 fully saturated rings. The maximum absolute atomic E-state index is 12.6. The van der Waals surface area contributed by atoms with Crippen LogP contribution in [0.25, 0.3) is 0 Å². The van der Waals surface area contributed by atoms with Gasteiger partial charge < -0.3 is 15.0 Å². The molecule has 0 aliphatic carbocycles. The van der Waals surface area contributed by atoms with Crippen LogP contribution < -0.4 is 15.0 Å². The first-order valence-corrected chi connectivity index (χ1v) is 9.37. The van der Waals surface area contributed by atoms with Crippen LogP contribution in [0.5, 0.6) is 5.75 Å². The largest absolute Gasteiger partial charge is 0.497 e. The van der Waals surface area contributed by atoms with Crippen LogP contribution in [0.15, 0.2) is 48.5 Å². The molecule has 2 aromatic carbocycles. The van der Waals surface area contributed by atoms with Gasteiger partial charge in [0.1, 0.15) is 5.75 Å². The lowest BCUT2D eigenvalue weighted by Crippen LogP contribution is -2.29. The lowest BCUT2D eigenvalue weighted by atomic mass is 9.96. The summed E-state index contributed by atoms with van der Waals surface area (Å²) in [4.78, 5) is 27.0. The van der Waals surface area contributed by atoms with Gasteiger partial charge in [0.25, 0.3) is 0 Å². The third kappa shape index (κ3) is 4.13. The van der Waals surface area contributed by atoms with E-state index in [-0.39, 0.29) is 24.2 Å². The maximum atomic E-state index is 12.6. The molecule has 1 aliphatic rings. The second-order valence-electron chi connectivity index (χ2n) is 6.99. The van der Waals surface area contributed by atoms with E-state index >= 15 is 0 Å². The SMILES string of the molecule is CC[C@@H](C)c1ccccc1N1C[C@H](C(=O)Nc2ccc(OC)cc2)CC1=O. The Bertz CT molecular complexity index is 817. The van der Waals surface area contributed by atoms with E-state index in [2.05, 4.69) is 25.2 Å². The van der Waals surface area contributed by atoms with Gasteiger partial charge in [-0.25, -0.2) is 0 Å². The molecule has 0 aromatic heterocycles. The third-order valence-electron chi connectivity index (χ3n) is 5.22. The lowest BCUT2D eigenvalue weighted by molar-refractivity contribution is -0.122. The van der Waals surface area contributed by atoms with Gasteiger partial charge in [0.15, 0.2) is 0 Å². The number of carbonyl (C=O) groups excluding carboxylic acids is 2. The number of para-hydroxylation sites is 1. The third-order valence-corrected chi connectivity index (χ3v) is 5.22. The number of anilines is 2. The van der Waals surface area contributed by atoms with E-state index in [1.54, 1.807) is 36.3 Å². The molecule has 2 amide bonds. The minimum atomic E-state index is -0.357. The van der Waals surface area contributed by atoms with Crippen molar-refractivity contribution in [3.63, 3.8) is 0 Å². The number of carbonyl (C=O) groups is 2. The second-order valence-corrected chi connectivity index (χ2v) is 6.99. The Hall–Kier alpha value is -2.82. The smallest absolute Gasteiger partial charge is 0.229 e. The topological polar surface area (TPSA) is 58.6 Å². The molecule has 0 radical (unpaired) electrons. The normalized spacial score (nSPS) is 17.7. The van der Waals surface area contributed by atoms with Gasteiger partial charge in [0.2, 0.25) is 11.8 Å². The molecule has 27 heavy (non-hydrogen) atoms. The zero-order valence-electron chi connectivity index (χ0n) is 16.1. The van der Waals surface area contributed by atoms with Crippen LogP contribution in [-0.4, -0.2) is 25.5 Å². The number of amides is 2. The second kappa shape index (κ2) is 8.25.